The van der Waals surface area contributed by atoms with Crippen molar-refractivity contribution in [2.45, 2.75) is 129 Å². The third-order valence-electron chi connectivity index (χ3n) is 4.93. The summed E-state index contributed by atoms with van der Waals surface area (Å²) in [4.78, 5) is 10.6. The van der Waals surface area contributed by atoms with Gasteiger partial charge < -0.3 is 5.73 Å². The minimum absolute atomic E-state index is 0.162. The summed E-state index contributed by atoms with van der Waals surface area (Å²) in [5.74, 6) is -0.162. The van der Waals surface area contributed by atoms with Crippen LogP contribution in [0.15, 0.2) is 12.2 Å². The first kappa shape index (κ1) is 24.2. The average Bonchev–Trinajstić information content (AvgIpc) is 2.60. The van der Waals surface area contributed by atoms with E-state index in [0.717, 1.165) is 12.8 Å². The molecular weight excluding hydrogens is 306 g/mol. The Bertz CT molecular complexity index is 298. The molecule has 0 radical (unpaired) electrons. The van der Waals surface area contributed by atoms with Crippen molar-refractivity contribution in [1.82, 2.24) is 0 Å². The number of rotatable bonds is 20. The van der Waals surface area contributed by atoms with Crippen LogP contribution in [0, 0.1) is 0 Å². The molecule has 0 aromatic rings. The minimum atomic E-state index is -0.162. The number of amides is 1. The van der Waals surface area contributed by atoms with Crippen LogP contribution in [-0.4, -0.2) is 5.91 Å². The maximum absolute atomic E-state index is 10.6. The third kappa shape index (κ3) is 23.2. The van der Waals surface area contributed by atoms with Gasteiger partial charge in [-0.2, -0.15) is 0 Å². The number of hydrogen-bond acceptors (Lipinski definition) is 1. The average molecular weight is 352 g/mol. The van der Waals surface area contributed by atoms with Crippen molar-refractivity contribution in [3.05, 3.63) is 12.2 Å². The molecule has 2 N–H and O–H groups in total. The van der Waals surface area contributed by atoms with Crippen LogP contribution in [0.3, 0.4) is 0 Å². The van der Waals surface area contributed by atoms with Crippen LogP contribution in [-0.2, 0) is 4.79 Å². The van der Waals surface area contributed by atoms with Gasteiger partial charge in [0, 0.05) is 6.42 Å². The Labute approximate surface area is 158 Å². The number of unbranched alkanes of at least 4 members (excludes halogenated alkanes) is 16. The molecule has 0 unspecified atom stereocenters. The zero-order valence-electron chi connectivity index (χ0n) is 17.1. The smallest absolute Gasteiger partial charge is 0.217 e. The number of carbonyl (C=O) groups excluding carboxylic acids is 1. The second-order valence-corrected chi connectivity index (χ2v) is 7.57. The standard InChI is InChI=1S/C23H45NO/c1-2-3-4-5-6-7-8-9-10-11-12-13-14-15-16-17-18-19-20-21-22-23(24)25/h14-15H,2-13,16-22H2,1H3,(H2,24,25)/b15-14+. The van der Waals surface area contributed by atoms with E-state index < -0.39 is 0 Å². The molecule has 0 aliphatic rings. The summed E-state index contributed by atoms with van der Waals surface area (Å²) in [6, 6.07) is 0. The molecule has 2 heteroatoms. The fraction of sp³-hybridized carbons (Fsp3) is 0.870. The Kier molecular flexibility index (Phi) is 20.6. The van der Waals surface area contributed by atoms with Crippen LogP contribution >= 0.6 is 0 Å². The molecular formula is C23H45NO. The van der Waals surface area contributed by atoms with E-state index in [1.54, 1.807) is 0 Å². The largest absolute Gasteiger partial charge is 0.370 e. The molecule has 0 aliphatic carbocycles. The molecule has 0 spiro atoms. The van der Waals surface area contributed by atoms with Gasteiger partial charge >= 0.3 is 0 Å². The van der Waals surface area contributed by atoms with E-state index >= 15 is 0 Å². The highest BCUT2D eigenvalue weighted by Gasteiger charge is 1.94. The first-order chi connectivity index (χ1) is 12.3. The van der Waals surface area contributed by atoms with Crippen LogP contribution in [0.1, 0.15) is 129 Å². The van der Waals surface area contributed by atoms with Gasteiger partial charge in [-0.25, -0.2) is 0 Å². The molecule has 0 saturated heterocycles. The summed E-state index contributed by atoms with van der Waals surface area (Å²) in [6.45, 7) is 2.28. The van der Waals surface area contributed by atoms with Crippen molar-refractivity contribution in [3.63, 3.8) is 0 Å². The van der Waals surface area contributed by atoms with Gasteiger partial charge in [0.15, 0.2) is 0 Å². The number of allylic oxidation sites excluding steroid dienone is 2. The van der Waals surface area contributed by atoms with E-state index in [1.807, 2.05) is 0 Å². The van der Waals surface area contributed by atoms with E-state index in [4.69, 9.17) is 5.73 Å². The van der Waals surface area contributed by atoms with E-state index in [2.05, 4.69) is 19.1 Å². The lowest BCUT2D eigenvalue weighted by molar-refractivity contribution is -0.118. The van der Waals surface area contributed by atoms with E-state index in [-0.39, 0.29) is 5.91 Å². The maximum Gasteiger partial charge on any atom is 0.217 e. The minimum Gasteiger partial charge on any atom is -0.370 e. The molecule has 148 valence electrons. The first-order valence-electron chi connectivity index (χ1n) is 11.2. The van der Waals surface area contributed by atoms with Crippen molar-refractivity contribution in [2.75, 3.05) is 0 Å². The molecule has 0 aromatic heterocycles. The summed E-state index contributed by atoms with van der Waals surface area (Å²) in [5, 5.41) is 0. The summed E-state index contributed by atoms with van der Waals surface area (Å²) < 4.78 is 0. The maximum atomic E-state index is 10.6. The topological polar surface area (TPSA) is 43.1 Å². The molecule has 0 atom stereocenters. The van der Waals surface area contributed by atoms with Crippen molar-refractivity contribution >= 4 is 5.91 Å². The fourth-order valence-electron chi connectivity index (χ4n) is 3.25. The molecule has 0 aromatic carbocycles. The molecule has 2 nitrogen and oxygen atoms in total. The van der Waals surface area contributed by atoms with Gasteiger partial charge in [0.25, 0.3) is 0 Å². The lowest BCUT2D eigenvalue weighted by atomic mass is 10.0. The van der Waals surface area contributed by atoms with Crippen molar-refractivity contribution in [1.29, 1.82) is 0 Å². The van der Waals surface area contributed by atoms with Crippen LogP contribution in [0.4, 0.5) is 0 Å². The predicted molar refractivity (Wildman–Crippen MR) is 112 cm³/mol. The molecule has 0 fully saturated rings. The van der Waals surface area contributed by atoms with Crippen LogP contribution in [0.2, 0.25) is 0 Å². The quantitative estimate of drug-likeness (QED) is 0.179. The number of primary amides is 1. The van der Waals surface area contributed by atoms with Crippen molar-refractivity contribution in [3.8, 4) is 0 Å². The van der Waals surface area contributed by atoms with Gasteiger partial charge in [-0.15, -0.1) is 0 Å². The Morgan fingerprint density at radius 1 is 0.600 bits per heavy atom. The highest BCUT2D eigenvalue weighted by atomic mass is 16.1. The summed E-state index contributed by atoms with van der Waals surface area (Å²) in [5.41, 5.74) is 5.13. The van der Waals surface area contributed by atoms with Crippen LogP contribution in [0.5, 0.6) is 0 Å². The van der Waals surface area contributed by atoms with Gasteiger partial charge in [0.2, 0.25) is 5.91 Å². The van der Waals surface area contributed by atoms with Crippen LogP contribution in [0.25, 0.3) is 0 Å². The zero-order chi connectivity index (χ0) is 18.4. The molecule has 1 amide bonds. The molecule has 0 saturated carbocycles. The second-order valence-electron chi connectivity index (χ2n) is 7.57. The van der Waals surface area contributed by atoms with E-state index in [0.29, 0.717) is 6.42 Å². The van der Waals surface area contributed by atoms with Crippen molar-refractivity contribution in [2.24, 2.45) is 5.73 Å². The predicted octanol–water partition coefficient (Wildman–Crippen LogP) is 7.46. The number of carbonyl (C=O) groups is 1. The van der Waals surface area contributed by atoms with Gasteiger partial charge in [-0.05, 0) is 32.1 Å². The van der Waals surface area contributed by atoms with E-state index in [1.165, 1.54) is 103 Å². The summed E-state index contributed by atoms with van der Waals surface area (Å²) >= 11 is 0. The van der Waals surface area contributed by atoms with E-state index in [9.17, 15) is 4.79 Å². The van der Waals surface area contributed by atoms with Gasteiger partial charge in [-0.1, -0.05) is 103 Å². The van der Waals surface area contributed by atoms with Gasteiger partial charge in [0.05, 0.1) is 0 Å². The molecule has 0 rings (SSSR count). The molecule has 0 aliphatic heterocycles. The normalized spacial score (nSPS) is 11.4. The lowest BCUT2D eigenvalue weighted by Crippen LogP contribution is -2.09. The number of nitrogens with two attached hydrogens (primary N) is 1. The lowest BCUT2D eigenvalue weighted by Gasteiger charge is -2.01. The van der Waals surface area contributed by atoms with Gasteiger partial charge in [-0.3, -0.25) is 4.79 Å². The number of hydrogen-bond donors (Lipinski definition) is 1. The highest BCUT2D eigenvalue weighted by Crippen LogP contribution is 2.12. The Hall–Kier alpha value is -0.790. The molecule has 0 bridgehead atoms. The van der Waals surface area contributed by atoms with Crippen LogP contribution < -0.4 is 5.73 Å². The molecule has 25 heavy (non-hydrogen) atoms. The Morgan fingerprint density at radius 3 is 1.36 bits per heavy atom. The Balaban J connectivity index is 3.07. The monoisotopic (exact) mass is 351 g/mol. The summed E-state index contributed by atoms with van der Waals surface area (Å²) in [6.07, 6.45) is 29.3. The molecule has 0 heterocycles. The highest BCUT2D eigenvalue weighted by molar-refractivity contribution is 5.73. The van der Waals surface area contributed by atoms with Gasteiger partial charge in [0.1, 0.15) is 0 Å². The zero-order valence-corrected chi connectivity index (χ0v) is 17.1. The Morgan fingerprint density at radius 2 is 0.960 bits per heavy atom. The second kappa shape index (κ2) is 21.3. The first-order valence-corrected chi connectivity index (χ1v) is 11.2. The fourth-order valence-corrected chi connectivity index (χ4v) is 3.25. The SMILES string of the molecule is CCCCCCCCCCCCC/C=C/CCCCCCCC(N)=O. The summed E-state index contributed by atoms with van der Waals surface area (Å²) in [7, 11) is 0. The third-order valence-corrected chi connectivity index (χ3v) is 4.93. The van der Waals surface area contributed by atoms with Crippen molar-refractivity contribution < 1.29 is 4.79 Å².